The highest BCUT2D eigenvalue weighted by atomic mass is 16.5. The van der Waals surface area contributed by atoms with E-state index in [2.05, 4.69) is 24.2 Å². The van der Waals surface area contributed by atoms with Crippen LogP contribution in [0.25, 0.3) is 0 Å². The molecule has 6 nitrogen and oxygen atoms in total. The third kappa shape index (κ3) is 6.06. The molecule has 29 heavy (non-hydrogen) atoms. The van der Waals surface area contributed by atoms with Crippen molar-refractivity contribution in [2.75, 3.05) is 45.2 Å². The lowest BCUT2D eigenvalue weighted by Gasteiger charge is -2.32. The molecule has 1 saturated heterocycles. The van der Waals surface area contributed by atoms with Crippen LogP contribution < -0.4 is 10.1 Å². The summed E-state index contributed by atoms with van der Waals surface area (Å²) < 4.78 is 5.55. The summed E-state index contributed by atoms with van der Waals surface area (Å²) >= 11 is 0. The van der Waals surface area contributed by atoms with E-state index in [1.165, 1.54) is 5.56 Å². The molecule has 0 bridgehead atoms. The Kier molecular flexibility index (Phi) is 7.25. The van der Waals surface area contributed by atoms with Gasteiger partial charge in [0.25, 0.3) is 11.8 Å². The van der Waals surface area contributed by atoms with Gasteiger partial charge in [-0.25, -0.2) is 0 Å². The zero-order valence-corrected chi connectivity index (χ0v) is 17.2. The van der Waals surface area contributed by atoms with Gasteiger partial charge in [-0.1, -0.05) is 25.5 Å². The number of carbonyl (C=O) groups is 2. The van der Waals surface area contributed by atoms with E-state index < -0.39 is 0 Å². The van der Waals surface area contributed by atoms with E-state index in [-0.39, 0.29) is 18.4 Å². The molecule has 0 radical (unpaired) electrons. The topological polar surface area (TPSA) is 61.9 Å². The van der Waals surface area contributed by atoms with Gasteiger partial charge in [0.1, 0.15) is 5.75 Å². The minimum atomic E-state index is -0.235. The maximum Gasteiger partial charge on any atom is 0.262 e. The number of aryl methyl sites for hydroxylation is 1. The number of nitrogens with zero attached hydrogens (tertiary/aromatic N) is 2. The number of rotatable bonds is 7. The van der Waals surface area contributed by atoms with Crippen LogP contribution in [0, 0.1) is 0 Å². The van der Waals surface area contributed by atoms with Crippen LogP contribution in [-0.2, 0) is 11.2 Å². The number of anilines is 1. The molecule has 0 aliphatic carbocycles. The van der Waals surface area contributed by atoms with Gasteiger partial charge >= 0.3 is 0 Å². The van der Waals surface area contributed by atoms with Crippen molar-refractivity contribution in [2.45, 2.75) is 19.8 Å². The number of carbonyl (C=O) groups excluding carboxylic acids is 2. The van der Waals surface area contributed by atoms with E-state index in [1.807, 2.05) is 29.2 Å². The number of nitrogens with one attached hydrogen (secondary N) is 1. The van der Waals surface area contributed by atoms with Crippen LogP contribution in [0.2, 0.25) is 0 Å². The van der Waals surface area contributed by atoms with Crippen molar-refractivity contribution < 1.29 is 14.3 Å². The van der Waals surface area contributed by atoms with Crippen LogP contribution in [0.5, 0.6) is 5.75 Å². The first-order valence-corrected chi connectivity index (χ1v) is 10.1. The summed E-state index contributed by atoms with van der Waals surface area (Å²) in [6.45, 7) is 5.34. The van der Waals surface area contributed by atoms with Gasteiger partial charge in [-0.3, -0.25) is 9.59 Å². The van der Waals surface area contributed by atoms with Crippen LogP contribution in [0.1, 0.15) is 29.3 Å². The normalized spacial score (nSPS) is 14.5. The molecule has 0 spiro atoms. The molecule has 2 aromatic carbocycles. The number of ether oxygens (including phenoxy) is 1. The number of amides is 2. The van der Waals surface area contributed by atoms with Crippen LogP contribution in [-0.4, -0.2) is 61.4 Å². The van der Waals surface area contributed by atoms with Gasteiger partial charge in [0, 0.05) is 37.4 Å². The lowest BCUT2D eigenvalue weighted by Crippen LogP contribution is -2.47. The molecule has 0 unspecified atom stereocenters. The maximum absolute atomic E-state index is 12.6. The number of likely N-dealkylation sites (N-methyl/N-ethyl adjacent to an activating group) is 1. The third-order valence-electron chi connectivity index (χ3n) is 5.04. The molecule has 1 aliphatic heterocycles. The molecule has 2 aromatic rings. The van der Waals surface area contributed by atoms with E-state index in [4.69, 9.17) is 4.74 Å². The Labute approximate surface area is 172 Å². The standard InChI is InChI=1S/C23H29N3O3/c1-3-4-18-5-11-21(12-6-18)29-17-22(27)24-20-9-7-19(8-10-20)23(28)26-15-13-25(2)14-16-26/h5-12H,3-4,13-17H2,1-2H3,(H,24,27). The van der Waals surface area contributed by atoms with Crippen molar-refractivity contribution in [1.29, 1.82) is 0 Å². The Balaban J connectivity index is 1.47. The first-order chi connectivity index (χ1) is 14.0. The van der Waals surface area contributed by atoms with Crippen molar-refractivity contribution in [3.05, 3.63) is 59.7 Å². The van der Waals surface area contributed by atoms with E-state index in [1.54, 1.807) is 24.3 Å². The molecular formula is C23H29N3O3. The molecule has 154 valence electrons. The van der Waals surface area contributed by atoms with E-state index in [0.717, 1.165) is 39.0 Å². The second kappa shape index (κ2) is 10.1. The van der Waals surface area contributed by atoms with Crippen LogP contribution in [0.4, 0.5) is 5.69 Å². The number of benzene rings is 2. The lowest BCUT2D eigenvalue weighted by molar-refractivity contribution is -0.118. The summed E-state index contributed by atoms with van der Waals surface area (Å²) in [7, 11) is 2.06. The zero-order chi connectivity index (χ0) is 20.6. The Bertz CT molecular complexity index is 810. The fourth-order valence-electron chi connectivity index (χ4n) is 3.28. The van der Waals surface area contributed by atoms with E-state index >= 15 is 0 Å². The fourth-order valence-corrected chi connectivity index (χ4v) is 3.28. The average Bonchev–Trinajstić information content (AvgIpc) is 2.74. The molecule has 0 saturated carbocycles. The lowest BCUT2D eigenvalue weighted by atomic mass is 10.1. The van der Waals surface area contributed by atoms with Crippen LogP contribution in [0.3, 0.4) is 0 Å². The Hall–Kier alpha value is -2.86. The SMILES string of the molecule is CCCc1ccc(OCC(=O)Nc2ccc(C(=O)N3CCN(C)CC3)cc2)cc1. The number of hydrogen-bond donors (Lipinski definition) is 1. The van der Waals surface area contributed by atoms with Gasteiger partial charge < -0.3 is 19.9 Å². The molecular weight excluding hydrogens is 366 g/mol. The molecule has 0 atom stereocenters. The van der Waals surface area contributed by atoms with Gasteiger partial charge in [-0.15, -0.1) is 0 Å². The second-order valence-electron chi connectivity index (χ2n) is 7.40. The fraction of sp³-hybridized carbons (Fsp3) is 0.391. The van der Waals surface area contributed by atoms with Crippen LogP contribution >= 0.6 is 0 Å². The molecule has 0 aromatic heterocycles. The monoisotopic (exact) mass is 395 g/mol. The summed E-state index contributed by atoms with van der Waals surface area (Å²) in [6, 6.07) is 14.8. The van der Waals surface area contributed by atoms with Gasteiger partial charge in [0.2, 0.25) is 0 Å². The molecule has 1 heterocycles. The van der Waals surface area contributed by atoms with Crippen molar-refractivity contribution in [3.63, 3.8) is 0 Å². The van der Waals surface area contributed by atoms with Crippen molar-refractivity contribution in [1.82, 2.24) is 9.80 Å². The number of piperazine rings is 1. The Morgan fingerprint density at radius 1 is 0.966 bits per heavy atom. The predicted octanol–water partition coefficient (Wildman–Crippen LogP) is 3.04. The molecule has 1 fully saturated rings. The largest absolute Gasteiger partial charge is 0.484 e. The second-order valence-corrected chi connectivity index (χ2v) is 7.40. The maximum atomic E-state index is 12.6. The minimum absolute atomic E-state index is 0.0332. The van der Waals surface area contributed by atoms with Gasteiger partial charge in [-0.2, -0.15) is 0 Å². The average molecular weight is 396 g/mol. The number of hydrogen-bond acceptors (Lipinski definition) is 4. The highest BCUT2D eigenvalue weighted by Gasteiger charge is 2.20. The minimum Gasteiger partial charge on any atom is -0.484 e. The highest BCUT2D eigenvalue weighted by molar-refractivity contribution is 5.96. The van der Waals surface area contributed by atoms with Gasteiger partial charge in [-0.05, 0) is 55.4 Å². The van der Waals surface area contributed by atoms with E-state index in [9.17, 15) is 9.59 Å². The molecule has 3 rings (SSSR count). The predicted molar refractivity (Wildman–Crippen MR) is 114 cm³/mol. The first-order valence-electron chi connectivity index (χ1n) is 10.1. The summed E-state index contributed by atoms with van der Waals surface area (Å²) in [4.78, 5) is 28.8. The Morgan fingerprint density at radius 2 is 1.62 bits per heavy atom. The molecule has 1 N–H and O–H groups in total. The highest BCUT2D eigenvalue weighted by Crippen LogP contribution is 2.15. The summed E-state index contributed by atoms with van der Waals surface area (Å²) in [5.74, 6) is 0.472. The third-order valence-corrected chi connectivity index (χ3v) is 5.04. The van der Waals surface area contributed by atoms with Crippen LogP contribution in [0.15, 0.2) is 48.5 Å². The summed E-state index contributed by atoms with van der Waals surface area (Å²) in [6.07, 6.45) is 2.14. The quantitative estimate of drug-likeness (QED) is 0.783. The smallest absolute Gasteiger partial charge is 0.262 e. The zero-order valence-electron chi connectivity index (χ0n) is 17.2. The first kappa shape index (κ1) is 20.9. The summed E-state index contributed by atoms with van der Waals surface area (Å²) in [5, 5.41) is 2.80. The van der Waals surface area contributed by atoms with Crippen molar-refractivity contribution >= 4 is 17.5 Å². The molecule has 2 amide bonds. The van der Waals surface area contributed by atoms with Crippen molar-refractivity contribution in [2.24, 2.45) is 0 Å². The Morgan fingerprint density at radius 3 is 2.24 bits per heavy atom. The molecule has 6 heteroatoms. The van der Waals surface area contributed by atoms with Crippen molar-refractivity contribution in [3.8, 4) is 5.75 Å². The van der Waals surface area contributed by atoms with Gasteiger partial charge in [0.05, 0.1) is 0 Å². The van der Waals surface area contributed by atoms with Gasteiger partial charge in [0.15, 0.2) is 6.61 Å². The summed E-state index contributed by atoms with van der Waals surface area (Å²) in [5.41, 5.74) is 2.54. The van der Waals surface area contributed by atoms with E-state index in [0.29, 0.717) is 17.0 Å². The molecule has 1 aliphatic rings.